The summed E-state index contributed by atoms with van der Waals surface area (Å²) >= 11 is 0. The van der Waals surface area contributed by atoms with Gasteiger partial charge in [-0.1, -0.05) is 67.6 Å². The molecule has 0 bridgehead atoms. The van der Waals surface area contributed by atoms with Crippen molar-refractivity contribution in [3.8, 4) is 0 Å². The largest absolute Gasteiger partial charge is 0.375 e. The third-order valence-corrected chi connectivity index (χ3v) is 4.70. The highest BCUT2D eigenvalue weighted by molar-refractivity contribution is 5.75. The number of rotatable bonds is 5. The zero-order valence-corrected chi connectivity index (χ0v) is 14.2. The number of nitrogens with zero attached hydrogens (tertiary/aromatic N) is 1. The topological polar surface area (TPSA) is 29.5 Å². The molecule has 0 spiro atoms. The van der Waals surface area contributed by atoms with Gasteiger partial charge < -0.3 is 9.64 Å². The van der Waals surface area contributed by atoms with Crippen LogP contribution in [0.4, 0.5) is 0 Å². The molecule has 126 valence electrons. The molecule has 1 aliphatic rings. The van der Waals surface area contributed by atoms with Crippen LogP contribution in [-0.2, 0) is 9.53 Å². The van der Waals surface area contributed by atoms with Crippen LogP contribution in [0.1, 0.15) is 36.8 Å². The predicted octanol–water partition coefficient (Wildman–Crippen LogP) is 3.85. The van der Waals surface area contributed by atoms with E-state index in [1.807, 2.05) is 24.0 Å². The van der Waals surface area contributed by atoms with E-state index < -0.39 is 0 Å². The fraction of sp³-hybridized carbons (Fsp3) is 0.381. The first-order chi connectivity index (χ1) is 11.8. The lowest BCUT2D eigenvalue weighted by molar-refractivity contribution is -0.138. The minimum absolute atomic E-state index is 0.0830. The fourth-order valence-electron chi connectivity index (χ4n) is 3.41. The molecule has 0 saturated carbocycles. The van der Waals surface area contributed by atoms with Crippen molar-refractivity contribution in [3.63, 3.8) is 0 Å². The Hall–Kier alpha value is -2.13. The third-order valence-electron chi connectivity index (χ3n) is 4.70. The second kappa shape index (κ2) is 8.11. The van der Waals surface area contributed by atoms with Crippen LogP contribution in [0.5, 0.6) is 0 Å². The summed E-state index contributed by atoms with van der Waals surface area (Å²) in [6.45, 7) is 3.96. The van der Waals surface area contributed by atoms with Gasteiger partial charge >= 0.3 is 0 Å². The van der Waals surface area contributed by atoms with Gasteiger partial charge in [-0.25, -0.2) is 0 Å². The summed E-state index contributed by atoms with van der Waals surface area (Å²) in [6.07, 6.45) is 1.54. The lowest BCUT2D eigenvalue weighted by atomic mass is 9.86. The zero-order chi connectivity index (χ0) is 16.8. The number of hydrogen-bond acceptors (Lipinski definition) is 2. The minimum atomic E-state index is 0.0830. The Kier molecular flexibility index (Phi) is 5.65. The first-order valence-corrected chi connectivity index (χ1v) is 8.77. The second-order valence-corrected chi connectivity index (χ2v) is 6.30. The van der Waals surface area contributed by atoms with Gasteiger partial charge in [0.15, 0.2) is 0 Å². The Bertz CT molecular complexity index is 602. The van der Waals surface area contributed by atoms with Gasteiger partial charge in [0.25, 0.3) is 0 Å². The summed E-state index contributed by atoms with van der Waals surface area (Å²) in [7, 11) is 0. The Morgan fingerprint density at radius 1 is 1.08 bits per heavy atom. The van der Waals surface area contributed by atoms with Crippen LogP contribution >= 0.6 is 0 Å². The standard InChI is InChI=1S/C21H25NO2/c1-2-21(23)22-13-14-24-19(16-22)15-20(17-9-5-3-6-10-17)18-11-7-4-8-12-18/h3-12,19-20H,2,13-16H2,1H3/t19-/m1/s1. The normalized spacial score (nSPS) is 17.9. The van der Waals surface area contributed by atoms with Crippen molar-refractivity contribution in [2.24, 2.45) is 0 Å². The van der Waals surface area contributed by atoms with Crippen molar-refractivity contribution >= 4 is 5.91 Å². The zero-order valence-electron chi connectivity index (χ0n) is 14.2. The first kappa shape index (κ1) is 16.7. The number of ether oxygens (including phenoxy) is 1. The quantitative estimate of drug-likeness (QED) is 0.836. The molecular formula is C21H25NO2. The van der Waals surface area contributed by atoms with Crippen LogP contribution in [0.15, 0.2) is 60.7 Å². The molecule has 1 amide bonds. The highest BCUT2D eigenvalue weighted by atomic mass is 16.5. The highest BCUT2D eigenvalue weighted by Gasteiger charge is 2.27. The van der Waals surface area contributed by atoms with Crippen molar-refractivity contribution in [3.05, 3.63) is 71.8 Å². The number of carbonyl (C=O) groups is 1. The van der Waals surface area contributed by atoms with E-state index in [4.69, 9.17) is 4.74 Å². The van der Waals surface area contributed by atoms with Crippen molar-refractivity contribution in [1.82, 2.24) is 4.90 Å². The molecule has 1 aliphatic heterocycles. The van der Waals surface area contributed by atoms with Crippen LogP contribution in [0, 0.1) is 0 Å². The SMILES string of the molecule is CCC(=O)N1CCO[C@H](CC(c2ccccc2)c2ccccc2)C1. The number of carbonyl (C=O) groups excluding carboxylic acids is 1. The molecule has 1 heterocycles. The third kappa shape index (κ3) is 4.04. The van der Waals surface area contributed by atoms with E-state index in [1.165, 1.54) is 11.1 Å². The average molecular weight is 323 g/mol. The molecule has 3 rings (SSSR count). The summed E-state index contributed by atoms with van der Waals surface area (Å²) in [5.41, 5.74) is 2.59. The molecule has 2 aromatic rings. The lowest BCUT2D eigenvalue weighted by Gasteiger charge is -2.35. The molecule has 24 heavy (non-hydrogen) atoms. The van der Waals surface area contributed by atoms with Gasteiger partial charge in [0, 0.05) is 25.4 Å². The van der Waals surface area contributed by atoms with Gasteiger partial charge in [-0.15, -0.1) is 0 Å². The van der Waals surface area contributed by atoms with E-state index in [9.17, 15) is 4.79 Å². The molecular weight excluding hydrogens is 298 g/mol. The van der Waals surface area contributed by atoms with Gasteiger partial charge in [-0.3, -0.25) is 4.79 Å². The van der Waals surface area contributed by atoms with Crippen LogP contribution in [0.3, 0.4) is 0 Å². The smallest absolute Gasteiger partial charge is 0.222 e. The van der Waals surface area contributed by atoms with Gasteiger partial charge in [0.2, 0.25) is 5.91 Å². The predicted molar refractivity (Wildman–Crippen MR) is 96.0 cm³/mol. The number of benzene rings is 2. The molecule has 0 radical (unpaired) electrons. The van der Waals surface area contributed by atoms with E-state index >= 15 is 0 Å². The van der Waals surface area contributed by atoms with Crippen LogP contribution in [0.25, 0.3) is 0 Å². The minimum Gasteiger partial charge on any atom is -0.375 e. The van der Waals surface area contributed by atoms with E-state index in [2.05, 4.69) is 48.5 Å². The van der Waals surface area contributed by atoms with Gasteiger partial charge in [-0.2, -0.15) is 0 Å². The Morgan fingerprint density at radius 2 is 1.67 bits per heavy atom. The summed E-state index contributed by atoms with van der Waals surface area (Å²) < 4.78 is 5.98. The first-order valence-electron chi connectivity index (χ1n) is 8.77. The van der Waals surface area contributed by atoms with Gasteiger partial charge in [0.05, 0.1) is 12.7 Å². The van der Waals surface area contributed by atoms with Crippen LogP contribution in [-0.4, -0.2) is 36.6 Å². The Morgan fingerprint density at radius 3 is 2.21 bits per heavy atom. The summed E-state index contributed by atoms with van der Waals surface area (Å²) in [5.74, 6) is 0.508. The maximum Gasteiger partial charge on any atom is 0.222 e. The van der Waals surface area contributed by atoms with E-state index in [-0.39, 0.29) is 17.9 Å². The van der Waals surface area contributed by atoms with Crippen molar-refractivity contribution in [1.29, 1.82) is 0 Å². The maximum absolute atomic E-state index is 12.0. The van der Waals surface area contributed by atoms with Crippen molar-refractivity contribution < 1.29 is 9.53 Å². The summed E-state index contributed by atoms with van der Waals surface area (Å²) in [5, 5.41) is 0. The molecule has 1 atom stereocenters. The number of morpholine rings is 1. The van der Waals surface area contributed by atoms with Crippen LogP contribution < -0.4 is 0 Å². The van der Waals surface area contributed by atoms with E-state index in [0.717, 1.165) is 6.42 Å². The molecule has 1 fully saturated rings. The summed E-state index contributed by atoms with van der Waals surface area (Å²) in [6, 6.07) is 21.1. The highest BCUT2D eigenvalue weighted by Crippen LogP contribution is 2.30. The molecule has 3 nitrogen and oxygen atoms in total. The molecule has 0 aliphatic carbocycles. The molecule has 3 heteroatoms. The fourth-order valence-corrected chi connectivity index (χ4v) is 3.41. The second-order valence-electron chi connectivity index (χ2n) is 6.30. The average Bonchev–Trinajstić information content (AvgIpc) is 2.67. The van der Waals surface area contributed by atoms with Crippen LogP contribution in [0.2, 0.25) is 0 Å². The maximum atomic E-state index is 12.0. The lowest BCUT2D eigenvalue weighted by Crippen LogP contribution is -2.45. The monoisotopic (exact) mass is 323 g/mol. The molecule has 2 aromatic carbocycles. The van der Waals surface area contributed by atoms with Gasteiger partial charge in [0.1, 0.15) is 0 Å². The number of amides is 1. The molecule has 0 unspecified atom stereocenters. The van der Waals surface area contributed by atoms with Crippen molar-refractivity contribution in [2.45, 2.75) is 31.8 Å². The Balaban J connectivity index is 1.78. The van der Waals surface area contributed by atoms with Gasteiger partial charge in [-0.05, 0) is 17.5 Å². The summed E-state index contributed by atoms with van der Waals surface area (Å²) in [4.78, 5) is 14.0. The number of hydrogen-bond donors (Lipinski definition) is 0. The van der Waals surface area contributed by atoms with Crippen molar-refractivity contribution in [2.75, 3.05) is 19.7 Å². The molecule has 0 aromatic heterocycles. The molecule has 1 saturated heterocycles. The van der Waals surface area contributed by atoms with E-state index in [0.29, 0.717) is 26.1 Å². The van der Waals surface area contributed by atoms with E-state index in [1.54, 1.807) is 0 Å². The molecule has 0 N–H and O–H groups in total. The Labute approximate surface area is 144 Å².